The van der Waals surface area contributed by atoms with Gasteiger partial charge in [0.2, 0.25) is 11.6 Å². The van der Waals surface area contributed by atoms with Crippen molar-refractivity contribution in [2.45, 2.75) is 6.54 Å². The Morgan fingerprint density at radius 1 is 1.43 bits per heavy atom. The molecule has 0 saturated heterocycles. The van der Waals surface area contributed by atoms with Gasteiger partial charge in [0.1, 0.15) is 5.76 Å². The number of benzene rings is 1. The molecule has 1 heterocycles. The van der Waals surface area contributed by atoms with Crippen molar-refractivity contribution in [3.8, 4) is 0 Å². The molecule has 1 N–H and O–H groups in total. The Balaban J connectivity index is 2.06. The zero-order chi connectivity index (χ0) is 15.4. The van der Waals surface area contributed by atoms with Crippen molar-refractivity contribution in [2.75, 3.05) is 12.4 Å². The summed E-state index contributed by atoms with van der Waals surface area (Å²) in [4.78, 5) is 21.0. The maximum Gasteiger partial charge on any atom is 0.373 e. The molecule has 21 heavy (non-hydrogen) atoms. The number of hydrogen-bond donors (Lipinski definition) is 1. The van der Waals surface area contributed by atoms with E-state index >= 15 is 0 Å². The van der Waals surface area contributed by atoms with E-state index in [-0.39, 0.29) is 12.3 Å². The molecule has 0 unspecified atom stereocenters. The van der Waals surface area contributed by atoms with E-state index in [1.54, 1.807) is 6.07 Å². The lowest BCUT2D eigenvalue weighted by molar-refractivity contribution is -0.387. The molecule has 0 amide bonds. The number of ether oxygens (including phenoxy) is 1. The molecule has 1 aromatic carbocycles. The predicted molar refractivity (Wildman–Crippen MR) is 70.4 cm³/mol. The highest BCUT2D eigenvalue weighted by molar-refractivity contribution is 5.86. The fraction of sp³-hybridized carbons (Fsp3) is 0.154. The van der Waals surface area contributed by atoms with Crippen LogP contribution < -0.4 is 5.32 Å². The number of methoxy groups -OCH3 is 1. The van der Waals surface area contributed by atoms with Crippen LogP contribution in [0, 0.1) is 15.9 Å². The highest BCUT2D eigenvalue weighted by Gasteiger charge is 2.15. The first-order valence-electron chi connectivity index (χ1n) is 5.86. The van der Waals surface area contributed by atoms with Crippen molar-refractivity contribution in [1.29, 1.82) is 0 Å². The van der Waals surface area contributed by atoms with E-state index in [4.69, 9.17) is 4.42 Å². The van der Waals surface area contributed by atoms with Crippen LogP contribution in [0.25, 0.3) is 0 Å². The standard InChI is InChI=1S/C13H11FN2O5/c1-20-13(17)12-5-3-9(21-12)7-15-8-2-4-10(14)11(6-8)16(18)19/h2-6,15H,7H2,1H3. The number of nitro groups is 1. The first-order chi connectivity index (χ1) is 10.0. The first kappa shape index (κ1) is 14.5. The summed E-state index contributed by atoms with van der Waals surface area (Å²) in [5.41, 5.74) is -0.256. The van der Waals surface area contributed by atoms with Crippen molar-refractivity contribution in [1.82, 2.24) is 0 Å². The molecule has 7 nitrogen and oxygen atoms in total. The summed E-state index contributed by atoms with van der Waals surface area (Å²) in [6.07, 6.45) is 0. The average molecular weight is 294 g/mol. The lowest BCUT2D eigenvalue weighted by Gasteiger charge is -2.04. The van der Waals surface area contributed by atoms with Crippen LogP contribution in [0.15, 0.2) is 34.7 Å². The highest BCUT2D eigenvalue weighted by Crippen LogP contribution is 2.22. The maximum absolute atomic E-state index is 13.2. The van der Waals surface area contributed by atoms with Crippen LogP contribution in [0.1, 0.15) is 16.3 Å². The fourth-order valence-electron chi connectivity index (χ4n) is 1.63. The average Bonchev–Trinajstić information content (AvgIpc) is 2.94. The molecule has 0 spiro atoms. The summed E-state index contributed by atoms with van der Waals surface area (Å²) in [5.74, 6) is -1.02. The maximum atomic E-state index is 13.2. The molecule has 0 radical (unpaired) electrons. The summed E-state index contributed by atoms with van der Waals surface area (Å²) >= 11 is 0. The second kappa shape index (κ2) is 6.04. The van der Waals surface area contributed by atoms with Gasteiger partial charge in [0, 0.05) is 11.8 Å². The van der Waals surface area contributed by atoms with E-state index in [0.717, 1.165) is 12.1 Å². The Morgan fingerprint density at radius 3 is 2.86 bits per heavy atom. The van der Waals surface area contributed by atoms with Gasteiger partial charge >= 0.3 is 11.7 Å². The number of esters is 1. The zero-order valence-corrected chi connectivity index (χ0v) is 11.0. The van der Waals surface area contributed by atoms with Gasteiger partial charge in [0.15, 0.2) is 0 Å². The van der Waals surface area contributed by atoms with Crippen molar-refractivity contribution in [3.63, 3.8) is 0 Å². The van der Waals surface area contributed by atoms with Crippen LogP contribution >= 0.6 is 0 Å². The van der Waals surface area contributed by atoms with Crippen LogP contribution in [0.3, 0.4) is 0 Å². The molecule has 0 aliphatic rings. The Bertz CT molecular complexity index is 683. The van der Waals surface area contributed by atoms with Crippen LogP contribution in [-0.4, -0.2) is 18.0 Å². The molecular weight excluding hydrogens is 283 g/mol. The second-order valence-corrected chi connectivity index (χ2v) is 4.03. The van der Waals surface area contributed by atoms with Gasteiger partial charge in [0.25, 0.3) is 0 Å². The minimum atomic E-state index is -0.906. The van der Waals surface area contributed by atoms with Gasteiger partial charge in [-0.15, -0.1) is 0 Å². The number of halogens is 1. The van der Waals surface area contributed by atoms with E-state index in [0.29, 0.717) is 11.4 Å². The molecular formula is C13H11FN2O5. The van der Waals surface area contributed by atoms with E-state index < -0.39 is 22.4 Å². The Kier molecular flexibility index (Phi) is 4.17. The fourth-order valence-corrected chi connectivity index (χ4v) is 1.63. The van der Waals surface area contributed by atoms with Crippen LogP contribution in [0.4, 0.5) is 15.8 Å². The topological polar surface area (TPSA) is 94.6 Å². The molecule has 0 aliphatic carbocycles. The minimum Gasteiger partial charge on any atom is -0.463 e. The van der Waals surface area contributed by atoms with Gasteiger partial charge in [-0.2, -0.15) is 4.39 Å². The monoisotopic (exact) mass is 294 g/mol. The van der Waals surface area contributed by atoms with Crippen molar-refractivity contribution in [2.24, 2.45) is 0 Å². The number of carbonyl (C=O) groups is 1. The summed E-state index contributed by atoms with van der Waals surface area (Å²) in [6, 6.07) is 6.47. The van der Waals surface area contributed by atoms with E-state index in [9.17, 15) is 19.3 Å². The SMILES string of the molecule is COC(=O)c1ccc(CNc2ccc(F)c([N+](=O)[O-])c2)o1. The Hall–Kier alpha value is -2.90. The number of nitrogens with one attached hydrogen (secondary N) is 1. The van der Waals surface area contributed by atoms with Crippen molar-refractivity contribution in [3.05, 3.63) is 57.8 Å². The second-order valence-electron chi connectivity index (χ2n) is 4.03. The first-order valence-corrected chi connectivity index (χ1v) is 5.86. The highest BCUT2D eigenvalue weighted by atomic mass is 19.1. The molecule has 0 atom stereocenters. The van der Waals surface area contributed by atoms with Gasteiger partial charge < -0.3 is 14.5 Å². The van der Waals surface area contributed by atoms with Gasteiger partial charge in [0.05, 0.1) is 18.6 Å². The smallest absolute Gasteiger partial charge is 0.373 e. The number of hydrogen-bond acceptors (Lipinski definition) is 6. The molecule has 2 rings (SSSR count). The number of carbonyl (C=O) groups excluding carboxylic acids is 1. The largest absolute Gasteiger partial charge is 0.463 e. The zero-order valence-electron chi connectivity index (χ0n) is 11.0. The lowest BCUT2D eigenvalue weighted by atomic mass is 10.2. The lowest BCUT2D eigenvalue weighted by Crippen LogP contribution is -2.01. The molecule has 1 aromatic heterocycles. The van der Waals surface area contributed by atoms with E-state index in [1.165, 1.54) is 19.2 Å². The molecule has 2 aromatic rings. The van der Waals surface area contributed by atoms with Crippen molar-refractivity contribution >= 4 is 17.3 Å². The van der Waals surface area contributed by atoms with Crippen LogP contribution in [-0.2, 0) is 11.3 Å². The number of nitro benzene ring substituents is 1. The number of furan rings is 1. The minimum absolute atomic E-state index is 0.0550. The molecule has 0 bridgehead atoms. The van der Waals surface area contributed by atoms with Gasteiger partial charge in [-0.1, -0.05) is 0 Å². The molecule has 0 aliphatic heterocycles. The number of anilines is 1. The van der Waals surface area contributed by atoms with Gasteiger partial charge in [-0.25, -0.2) is 4.79 Å². The Morgan fingerprint density at radius 2 is 2.19 bits per heavy atom. The molecule has 110 valence electrons. The third kappa shape index (κ3) is 3.35. The third-order valence-corrected chi connectivity index (χ3v) is 2.66. The van der Waals surface area contributed by atoms with E-state index in [2.05, 4.69) is 10.1 Å². The summed E-state index contributed by atoms with van der Waals surface area (Å²) in [7, 11) is 1.24. The van der Waals surface area contributed by atoms with Crippen molar-refractivity contribution < 1.29 is 23.3 Å². The molecule has 0 fully saturated rings. The quantitative estimate of drug-likeness (QED) is 0.517. The van der Waals surface area contributed by atoms with Gasteiger partial charge in [-0.05, 0) is 24.3 Å². The molecule has 0 saturated carbocycles. The van der Waals surface area contributed by atoms with Gasteiger partial charge in [-0.3, -0.25) is 10.1 Å². The van der Waals surface area contributed by atoms with E-state index in [1.807, 2.05) is 0 Å². The third-order valence-electron chi connectivity index (χ3n) is 2.66. The Labute approximate surface area is 118 Å². The predicted octanol–water partition coefficient (Wildman–Crippen LogP) is 2.73. The summed E-state index contributed by atoms with van der Waals surface area (Å²) in [6.45, 7) is 0.180. The molecule has 8 heteroatoms. The number of rotatable bonds is 5. The number of nitrogens with zero attached hydrogens (tertiary/aromatic N) is 1. The normalized spacial score (nSPS) is 10.2. The summed E-state index contributed by atoms with van der Waals surface area (Å²) < 4.78 is 22.9. The summed E-state index contributed by atoms with van der Waals surface area (Å²) in [5, 5.41) is 13.5. The van der Waals surface area contributed by atoms with Crippen LogP contribution in [0.2, 0.25) is 0 Å². The van der Waals surface area contributed by atoms with Crippen LogP contribution in [0.5, 0.6) is 0 Å².